The maximum absolute atomic E-state index is 5.84. The van der Waals surface area contributed by atoms with Gasteiger partial charge in [-0.15, -0.1) is 6.42 Å². The molecule has 1 nitrogen and oxygen atoms in total. The van der Waals surface area contributed by atoms with E-state index in [0.717, 1.165) is 12.2 Å². The standard InChI is InChI=1S/C17H24O.C9H13.C3H6.Ti/c1-6-14(2)12-15(17(3,4)5)13-18-16-10-8-7-9-11-16;1-9(2,3)8-6-4-5-7-8;1-3-2;/h6-12H,13H2,1-5H3;6-7H,4H2,1-3H3;1-2H3;/q;-1;;+1. The molecule has 1 aliphatic rings. The molecule has 1 aromatic rings. The normalized spacial score (nSPS) is 14.1. The van der Waals surface area contributed by atoms with E-state index in [-0.39, 0.29) is 5.41 Å². The van der Waals surface area contributed by atoms with Crippen molar-refractivity contribution in [1.82, 2.24) is 0 Å². The molecular formula is C29H43OTi. The van der Waals surface area contributed by atoms with E-state index in [1.807, 2.05) is 30.3 Å². The fraction of sp³-hybridized carbons (Fsp3) is 0.483. The van der Waals surface area contributed by atoms with E-state index in [1.165, 1.54) is 20.5 Å². The van der Waals surface area contributed by atoms with Gasteiger partial charge in [-0.25, -0.2) is 6.08 Å². The summed E-state index contributed by atoms with van der Waals surface area (Å²) >= 11 is 2.08. The number of allylic oxidation sites excluding steroid dienone is 7. The first-order chi connectivity index (χ1) is 14.3. The van der Waals surface area contributed by atoms with Crippen LogP contribution in [0.3, 0.4) is 0 Å². The Hall–Kier alpha value is -1.44. The van der Waals surface area contributed by atoms with Gasteiger partial charge < -0.3 is 4.74 Å². The van der Waals surface area contributed by atoms with Gasteiger partial charge in [0.1, 0.15) is 12.4 Å². The summed E-state index contributed by atoms with van der Waals surface area (Å²) in [5, 5.41) is 0. The van der Waals surface area contributed by atoms with Crippen molar-refractivity contribution in [2.75, 3.05) is 6.61 Å². The number of rotatable bonds is 4. The second kappa shape index (κ2) is 14.6. The number of hydrogen-bond donors (Lipinski definition) is 0. The molecule has 31 heavy (non-hydrogen) atoms. The number of benzene rings is 1. The van der Waals surface area contributed by atoms with Crippen LogP contribution in [0, 0.1) is 16.9 Å². The first-order valence-electron chi connectivity index (χ1n) is 11.1. The van der Waals surface area contributed by atoms with Gasteiger partial charge in [0.05, 0.1) is 0 Å². The molecule has 0 amide bonds. The Bertz CT molecular complexity index is 774. The Labute approximate surface area is 204 Å². The fourth-order valence-corrected chi connectivity index (χ4v) is 2.43. The molecule has 0 N–H and O–H groups in total. The Morgan fingerprint density at radius 3 is 1.94 bits per heavy atom. The third-order valence-electron chi connectivity index (χ3n) is 4.52. The van der Waals surface area contributed by atoms with Gasteiger partial charge in [-0.3, -0.25) is 6.08 Å². The second-order valence-electron chi connectivity index (χ2n) is 10.0. The van der Waals surface area contributed by atoms with Crippen LogP contribution in [0.1, 0.15) is 75.7 Å². The van der Waals surface area contributed by atoms with Gasteiger partial charge in [0, 0.05) is 0 Å². The molecular weight excluding hydrogens is 412 g/mol. The molecule has 169 valence electrons. The third kappa shape index (κ3) is 15.1. The number of hydrogen-bond acceptors (Lipinski definition) is 1. The Kier molecular flexibility index (Phi) is 13.9. The van der Waals surface area contributed by atoms with Gasteiger partial charge in [0.15, 0.2) is 0 Å². The van der Waals surface area contributed by atoms with Crippen LogP contribution in [-0.4, -0.2) is 10.4 Å². The van der Waals surface area contributed by atoms with Crippen molar-refractivity contribution in [3.05, 3.63) is 77.4 Å². The first kappa shape index (κ1) is 29.6. The molecule has 0 radical (unpaired) electrons. The van der Waals surface area contributed by atoms with Crippen molar-refractivity contribution in [1.29, 1.82) is 0 Å². The van der Waals surface area contributed by atoms with Crippen LogP contribution in [0.25, 0.3) is 0 Å². The van der Waals surface area contributed by atoms with Gasteiger partial charge >= 0.3 is 37.6 Å². The summed E-state index contributed by atoms with van der Waals surface area (Å²) in [6.45, 7) is 22.3. The van der Waals surface area contributed by atoms with Gasteiger partial charge in [0.25, 0.3) is 0 Å². The molecule has 0 spiro atoms. The Balaban J connectivity index is 0.000000571. The van der Waals surface area contributed by atoms with Gasteiger partial charge in [0.2, 0.25) is 0 Å². The Morgan fingerprint density at radius 2 is 1.58 bits per heavy atom. The minimum absolute atomic E-state index is 0.124. The molecule has 0 saturated carbocycles. The average Bonchev–Trinajstić information content (AvgIpc) is 3.20. The molecule has 0 unspecified atom stereocenters. The van der Waals surface area contributed by atoms with Gasteiger partial charge in [-0.05, 0) is 37.0 Å². The predicted molar refractivity (Wildman–Crippen MR) is 135 cm³/mol. The molecule has 1 aliphatic carbocycles. The van der Waals surface area contributed by atoms with Gasteiger partial charge in [-0.2, -0.15) is 11.6 Å². The van der Waals surface area contributed by atoms with Crippen LogP contribution < -0.4 is 4.74 Å². The Morgan fingerprint density at radius 1 is 1.03 bits per heavy atom. The summed E-state index contributed by atoms with van der Waals surface area (Å²) < 4.78 is 7.26. The summed E-state index contributed by atoms with van der Waals surface area (Å²) in [5.41, 5.74) is 4.45. The SMILES string of the molecule is CC(C)(C)C1=CC[C-]=C1.CC=C(C)C=C(COc1ccccc1)C(C)(C)C.C[C](C)=[Ti+]. The zero-order chi connectivity index (χ0) is 24.1. The molecule has 2 heteroatoms. The molecule has 2 rings (SSSR count). The van der Waals surface area contributed by atoms with Crippen LogP contribution in [0.4, 0.5) is 0 Å². The number of ether oxygens (including phenoxy) is 1. The van der Waals surface area contributed by atoms with E-state index >= 15 is 0 Å². The molecule has 0 saturated heterocycles. The first-order valence-corrected chi connectivity index (χ1v) is 11.9. The molecule has 0 aromatic heterocycles. The van der Waals surface area contributed by atoms with Crippen molar-refractivity contribution in [2.24, 2.45) is 10.8 Å². The second-order valence-corrected chi connectivity index (χ2v) is 11.6. The van der Waals surface area contributed by atoms with E-state index in [0.29, 0.717) is 12.0 Å². The van der Waals surface area contributed by atoms with Crippen molar-refractivity contribution in [3.63, 3.8) is 0 Å². The zero-order valence-corrected chi connectivity index (χ0v) is 23.1. The van der Waals surface area contributed by atoms with Gasteiger partial charge in [-0.1, -0.05) is 82.9 Å². The van der Waals surface area contributed by atoms with E-state index in [4.69, 9.17) is 4.74 Å². The van der Waals surface area contributed by atoms with Crippen LogP contribution in [0.5, 0.6) is 5.75 Å². The topological polar surface area (TPSA) is 9.23 Å². The summed E-state index contributed by atoms with van der Waals surface area (Å²) in [4.78, 5) is 0. The van der Waals surface area contributed by atoms with Crippen molar-refractivity contribution < 1.29 is 24.7 Å². The van der Waals surface area contributed by atoms with Crippen LogP contribution in [-0.2, 0) is 20.0 Å². The van der Waals surface area contributed by atoms with E-state index in [1.54, 1.807) is 0 Å². The predicted octanol–water partition coefficient (Wildman–Crippen LogP) is 8.47. The van der Waals surface area contributed by atoms with E-state index < -0.39 is 0 Å². The zero-order valence-electron chi connectivity index (χ0n) is 21.5. The van der Waals surface area contributed by atoms with E-state index in [2.05, 4.69) is 120 Å². The molecule has 0 aliphatic heterocycles. The van der Waals surface area contributed by atoms with Crippen molar-refractivity contribution in [2.45, 2.75) is 75.7 Å². The van der Waals surface area contributed by atoms with Crippen molar-refractivity contribution in [3.8, 4) is 5.75 Å². The molecule has 0 fully saturated rings. The third-order valence-corrected chi connectivity index (χ3v) is 4.52. The van der Waals surface area contributed by atoms with Crippen molar-refractivity contribution >= 4 is 3.81 Å². The monoisotopic (exact) mass is 455 g/mol. The van der Waals surface area contributed by atoms with Crippen LogP contribution >= 0.6 is 0 Å². The minimum atomic E-state index is 0.124. The summed E-state index contributed by atoms with van der Waals surface area (Å²) in [5.74, 6) is 0.922. The quantitative estimate of drug-likeness (QED) is 0.251. The molecule has 0 atom stereocenters. The average molecular weight is 456 g/mol. The molecule has 1 aromatic carbocycles. The summed E-state index contributed by atoms with van der Waals surface area (Å²) in [6, 6.07) is 9.96. The maximum atomic E-state index is 5.84. The molecule has 0 heterocycles. The number of para-hydroxylation sites is 1. The summed E-state index contributed by atoms with van der Waals surface area (Å²) in [7, 11) is 0. The molecule has 0 bridgehead atoms. The van der Waals surface area contributed by atoms with Crippen LogP contribution in [0.15, 0.2) is 71.4 Å². The fourth-order valence-electron chi connectivity index (χ4n) is 2.43. The summed E-state index contributed by atoms with van der Waals surface area (Å²) in [6.07, 6.45) is 12.8. The van der Waals surface area contributed by atoms with Crippen LogP contribution in [0.2, 0.25) is 0 Å². The van der Waals surface area contributed by atoms with E-state index in [9.17, 15) is 0 Å².